The summed E-state index contributed by atoms with van der Waals surface area (Å²) >= 11 is 0. The normalized spacial score (nSPS) is 11.8. The van der Waals surface area contributed by atoms with Gasteiger partial charge in [-0.1, -0.05) is 18.7 Å². The van der Waals surface area contributed by atoms with Gasteiger partial charge in [0.25, 0.3) is 0 Å². The fourth-order valence-electron chi connectivity index (χ4n) is 0.341. The summed E-state index contributed by atoms with van der Waals surface area (Å²) in [5, 5.41) is 16.8. The molecule has 0 atom stereocenters. The molecule has 0 amide bonds. The number of allylic oxidation sites excluding steroid dienone is 3. The van der Waals surface area contributed by atoms with Gasteiger partial charge in [-0.3, -0.25) is 0 Å². The van der Waals surface area contributed by atoms with E-state index in [2.05, 4.69) is 6.58 Å². The lowest BCUT2D eigenvalue weighted by molar-refractivity contribution is -0.131. The topological polar surface area (TPSA) is 57.5 Å². The minimum atomic E-state index is -1.17. The molecule has 0 unspecified atom stereocenters. The second-order valence-corrected chi connectivity index (χ2v) is 1.50. The molecule has 0 spiro atoms. The molecule has 10 heavy (non-hydrogen) atoms. The van der Waals surface area contributed by atoms with Crippen molar-refractivity contribution in [3.63, 3.8) is 0 Å². The molecule has 0 fully saturated rings. The summed E-state index contributed by atoms with van der Waals surface area (Å²) in [6.45, 7) is 3.34. The highest BCUT2D eigenvalue weighted by atomic mass is 16.4. The molecule has 0 aliphatic carbocycles. The van der Waals surface area contributed by atoms with Crippen LogP contribution in [0.3, 0.4) is 0 Å². The van der Waals surface area contributed by atoms with Crippen LogP contribution in [0.1, 0.15) is 0 Å². The van der Waals surface area contributed by atoms with Crippen LogP contribution in [0.25, 0.3) is 0 Å². The molecule has 0 rings (SSSR count). The first kappa shape index (κ1) is 8.49. The molecule has 0 heterocycles. The Balaban J connectivity index is 4.06. The second-order valence-electron chi connectivity index (χ2n) is 1.50. The molecule has 0 aliphatic rings. The average Bonchev–Trinajstić information content (AvgIpc) is 1.82. The zero-order valence-electron chi connectivity index (χ0n) is 5.32. The standard InChI is InChI=1S/C7H8O3/c1-2-3-4-6(8)5-7(9)10/h2-5,8H,1H2,(H,9,10)/b4-3-,6-5-. The maximum atomic E-state index is 9.88. The molecule has 0 bridgehead atoms. The maximum absolute atomic E-state index is 9.88. The number of carboxylic acid groups (broad SMARTS) is 1. The number of aliphatic hydroxyl groups excluding tert-OH is 1. The van der Waals surface area contributed by atoms with E-state index in [1.165, 1.54) is 18.2 Å². The number of rotatable bonds is 3. The summed E-state index contributed by atoms with van der Waals surface area (Å²) in [5.41, 5.74) is 0. The van der Waals surface area contributed by atoms with E-state index in [1.54, 1.807) is 0 Å². The average molecular weight is 140 g/mol. The molecule has 3 nitrogen and oxygen atoms in total. The maximum Gasteiger partial charge on any atom is 0.332 e. The molecular formula is C7H8O3. The molecule has 3 heteroatoms. The minimum Gasteiger partial charge on any atom is -0.508 e. The summed E-state index contributed by atoms with van der Waals surface area (Å²) < 4.78 is 0. The predicted molar refractivity (Wildman–Crippen MR) is 37.7 cm³/mol. The number of hydrogen-bond acceptors (Lipinski definition) is 2. The van der Waals surface area contributed by atoms with Gasteiger partial charge in [0.05, 0.1) is 6.08 Å². The van der Waals surface area contributed by atoms with Crippen LogP contribution in [0.15, 0.2) is 36.6 Å². The van der Waals surface area contributed by atoms with Crippen LogP contribution in [0, 0.1) is 0 Å². The summed E-state index contributed by atoms with van der Waals surface area (Å²) in [6.07, 6.45) is 4.81. The fourth-order valence-corrected chi connectivity index (χ4v) is 0.341. The first-order chi connectivity index (χ1) is 4.66. The Morgan fingerprint density at radius 2 is 2.00 bits per heavy atom. The minimum absolute atomic E-state index is 0.299. The van der Waals surface area contributed by atoms with Crippen LogP contribution in [0.2, 0.25) is 0 Å². The lowest BCUT2D eigenvalue weighted by Crippen LogP contribution is -1.89. The number of aliphatic carboxylic acids is 1. The van der Waals surface area contributed by atoms with E-state index in [0.29, 0.717) is 6.08 Å². The van der Waals surface area contributed by atoms with Crippen molar-refractivity contribution in [1.82, 2.24) is 0 Å². The molecule has 0 radical (unpaired) electrons. The van der Waals surface area contributed by atoms with E-state index in [4.69, 9.17) is 10.2 Å². The van der Waals surface area contributed by atoms with Crippen LogP contribution in [-0.2, 0) is 4.79 Å². The smallest absolute Gasteiger partial charge is 0.332 e. The van der Waals surface area contributed by atoms with Gasteiger partial charge in [0, 0.05) is 0 Å². The van der Waals surface area contributed by atoms with Crippen molar-refractivity contribution in [2.45, 2.75) is 0 Å². The van der Waals surface area contributed by atoms with Crippen molar-refractivity contribution in [2.75, 3.05) is 0 Å². The van der Waals surface area contributed by atoms with Crippen molar-refractivity contribution < 1.29 is 15.0 Å². The molecule has 0 aromatic carbocycles. The molecule has 0 aliphatic heterocycles. The van der Waals surface area contributed by atoms with Crippen LogP contribution in [0.5, 0.6) is 0 Å². The van der Waals surface area contributed by atoms with Crippen LogP contribution >= 0.6 is 0 Å². The molecule has 0 aromatic rings. The van der Waals surface area contributed by atoms with Crippen molar-refractivity contribution in [3.8, 4) is 0 Å². The SMILES string of the molecule is C=C/C=C\C(O)=C\C(=O)O. The molecule has 0 saturated carbocycles. The molecule has 0 saturated heterocycles. The van der Waals surface area contributed by atoms with Crippen LogP contribution in [0.4, 0.5) is 0 Å². The molecule has 54 valence electrons. The van der Waals surface area contributed by atoms with Crippen LogP contribution < -0.4 is 0 Å². The third kappa shape index (κ3) is 4.64. The van der Waals surface area contributed by atoms with Gasteiger partial charge in [-0.05, 0) is 6.08 Å². The van der Waals surface area contributed by atoms with Crippen molar-refractivity contribution >= 4 is 5.97 Å². The second kappa shape index (κ2) is 4.38. The molecule has 0 aromatic heterocycles. The summed E-state index contributed by atoms with van der Waals surface area (Å²) in [5.74, 6) is -1.47. The zero-order valence-corrected chi connectivity index (χ0v) is 5.32. The molecular weight excluding hydrogens is 132 g/mol. The van der Waals surface area contributed by atoms with Crippen molar-refractivity contribution in [2.24, 2.45) is 0 Å². The summed E-state index contributed by atoms with van der Waals surface area (Å²) in [7, 11) is 0. The Morgan fingerprint density at radius 3 is 2.40 bits per heavy atom. The van der Waals surface area contributed by atoms with Gasteiger partial charge in [0.1, 0.15) is 5.76 Å². The van der Waals surface area contributed by atoms with Crippen molar-refractivity contribution in [1.29, 1.82) is 0 Å². The van der Waals surface area contributed by atoms with Crippen LogP contribution in [-0.4, -0.2) is 16.2 Å². The van der Waals surface area contributed by atoms with E-state index in [-0.39, 0.29) is 5.76 Å². The lowest BCUT2D eigenvalue weighted by Gasteiger charge is -1.84. The Bertz CT molecular complexity index is 189. The van der Waals surface area contributed by atoms with E-state index < -0.39 is 5.97 Å². The molecule has 2 N–H and O–H groups in total. The van der Waals surface area contributed by atoms with Gasteiger partial charge in [-0.15, -0.1) is 0 Å². The van der Waals surface area contributed by atoms with E-state index in [0.717, 1.165) is 0 Å². The summed E-state index contributed by atoms with van der Waals surface area (Å²) in [6, 6.07) is 0. The highest BCUT2D eigenvalue weighted by Crippen LogP contribution is 1.89. The quantitative estimate of drug-likeness (QED) is 0.352. The Labute approximate surface area is 58.6 Å². The van der Waals surface area contributed by atoms with E-state index >= 15 is 0 Å². The van der Waals surface area contributed by atoms with Gasteiger partial charge in [0.2, 0.25) is 0 Å². The Hall–Kier alpha value is -1.51. The number of aliphatic hydroxyl groups is 1. The third-order valence-electron chi connectivity index (χ3n) is 0.674. The highest BCUT2D eigenvalue weighted by Gasteiger charge is 1.89. The highest BCUT2D eigenvalue weighted by molar-refractivity contribution is 5.80. The predicted octanol–water partition coefficient (Wildman–Crippen LogP) is 1.26. The van der Waals surface area contributed by atoms with Gasteiger partial charge in [0.15, 0.2) is 0 Å². The van der Waals surface area contributed by atoms with Gasteiger partial charge in [-0.25, -0.2) is 4.79 Å². The van der Waals surface area contributed by atoms with E-state index in [9.17, 15) is 4.79 Å². The monoisotopic (exact) mass is 140 g/mol. The van der Waals surface area contributed by atoms with Gasteiger partial charge >= 0.3 is 5.97 Å². The number of carboxylic acids is 1. The lowest BCUT2D eigenvalue weighted by atomic mass is 10.4. The summed E-state index contributed by atoms with van der Waals surface area (Å²) in [4.78, 5) is 9.88. The van der Waals surface area contributed by atoms with Gasteiger partial charge in [-0.2, -0.15) is 0 Å². The Kier molecular flexibility index (Phi) is 3.72. The van der Waals surface area contributed by atoms with Gasteiger partial charge < -0.3 is 10.2 Å². The number of hydrogen-bond donors (Lipinski definition) is 2. The number of carbonyl (C=O) groups is 1. The van der Waals surface area contributed by atoms with E-state index in [1.807, 2.05) is 0 Å². The fraction of sp³-hybridized carbons (Fsp3) is 0. The first-order valence-corrected chi connectivity index (χ1v) is 2.59. The van der Waals surface area contributed by atoms with Crippen molar-refractivity contribution in [3.05, 3.63) is 36.6 Å². The largest absolute Gasteiger partial charge is 0.508 e. The Morgan fingerprint density at radius 1 is 1.40 bits per heavy atom. The third-order valence-corrected chi connectivity index (χ3v) is 0.674. The first-order valence-electron chi connectivity index (χ1n) is 2.59. The zero-order chi connectivity index (χ0) is 7.98.